The highest BCUT2D eigenvalue weighted by Crippen LogP contribution is 2.42. The highest BCUT2D eigenvalue weighted by molar-refractivity contribution is 8.00. The molecule has 1 aromatic heterocycles. The molecule has 1 aliphatic rings. The van der Waals surface area contributed by atoms with Gasteiger partial charge in [-0.3, -0.25) is 9.78 Å². The second kappa shape index (κ2) is 5.27. The molecule has 5 heteroatoms. The Morgan fingerprint density at radius 3 is 2.94 bits per heavy atom. The second-order valence-electron chi connectivity index (χ2n) is 4.28. The van der Waals surface area contributed by atoms with Gasteiger partial charge >= 0.3 is 0 Å². The van der Waals surface area contributed by atoms with Crippen molar-refractivity contribution in [2.24, 2.45) is 0 Å². The Kier molecular flexibility index (Phi) is 3.94. The normalized spacial score (nSPS) is 17.3. The predicted octanol–water partition coefficient (Wildman–Crippen LogP) is 2.75. The molecule has 1 amide bonds. The van der Waals surface area contributed by atoms with E-state index in [1.165, 1.54) is 19.3 Å². The van der Waals surface area contributed by atoms with Crippen LogP contribution in [0.3, 0.4) is 0 Å². The van der Waals surface area contributed by atoms with Gasteiger partial charge in [0.05, 0.1) is 0 Å². The number of carbonyl (C=O) groups excluding carboxylic acids is 1. The number of carbonyl (C=O) groups is 1. The van der Waals surface area contributed by atoms with Crippen LogP contribution in [0.25, 0.3) is 0 Å². The fourth-order valence-corrected chi connectivity index (χ4v) is 2.96. The number of rotatable bonds is 4. The van der Waals surface area contributed by atoms with Crippen molar-refractivity contribution in [1.82, 2.24) is 10.3 Å². The molecule has 2 rings (SSSR count). The highest BCUT2D eigenvalue weighted by atomic mass is 35.5. The Hall–Kier alpha value is -0.740. The molecule has 1 heterocycles. The maximum absolute atomic E-state index is 11.9. The number of halogens is 1. The van der Waals surface area contributed by atoms with Crippen molar-refractivity contribution in [3.8, 4) is 0 Å². The Morgan fingerprint density at radius 2 is 2.41 bits per heavy atom. The third-order valence-electron chi connectivity index (χ3n) is 3.22. The van der Waals surface area contributed by atoms with Crippen LogP contribution in [-0.4, -0.2) is 28.4 Å². The summed E-state index contributed by atoms with van der Waals surface area (Å²) in [7, 11) is 0. The minimum absolute atomic E-state index is 0.146. The fourth-order valence-electron chi connectivity index (χ4n) is 1.89. The van der Waals surface area contributed by atoms with E-state index in [0.29, 0.717) is 17.3 Å². The maximum atomic E-state index is 11.9. The summed E-state index contributed by atoms with van der Waals surface area (Å²) in [4.78, 5) is 15.9. The number of aromatic nitrogens is 1. The number of thioether (sulfide) groups is 1. The molecule has 0 saturated heterocycles. The first-order chi connectivity index (χ1) is 8.15. The lowest BCUT2D eigenvalue weighted by Gasteiger charge is -2.40. The molecule has 1 N–H and O–H groups in total. The molecule has 92 valence electrons. The molecule has 3 nitrogen and oxygen atoms in total. The van der Waals surface area contributed by atoms with Crippen LogP contribution in [-0.2, 0) is 0 Å². The summed E-state index contributed by atoms with van der Waals surface area (Å²) < 4.78 is 0.244. The van der Waals surface area contributed by atoms with Gasteiger partial charge in [0.25, 0.3) is 5.91 Å². The van der Waals surface area contributed by atoms with E-state index in [0.717, 1.165) is 0 Å². The Labute approximate surface area is 110 Å². The molecule has 0 aromatic carbocycles. The lowest BCUT2D eigenvalue weighted by molar-refractivity contribution is 0.0939. The summed E-state index contributed by atoms with van der Waals surface area (Å²) in [6, 6.07) is 3.25. The van der Waals surface area contributed by atoms with Gasteiger partial charge < -0.3 is 5.32 Å². The summed E-state index contributed by atoms with van der Waals surface area (Å²) in [5.41, 5.74) is 0.382. The zero-order chi connectivity index (χ0) is 12.3. The monoisotopic (exact) mass is 270 g/mol. The Bertz CT molecular complexity index is 415. The predicted molar refractivity (Wildman–Crippen MR) is 71.7 cm³/mol. The topological polar surface area (TPSA) is 42.0 Å². The van der Waals surface area contributed by atoms with Crippen LogP contribution in [0.4, 0.5) is 0 Å². The van der Waals surface area contributed by atoms with Crippen LogP contribution in [0.1, 0.15) is 29.8 Å². The summed E-state index contributed by atoms with van der Waals surface area (Å²) in [5, 5.41) is 3.47. The number of nitrogens with zero attached hydrogens (tertiary/aromatic N) is 1. The first kappa shape index (κ1) is 12.7. The largest absolute Gasteiger partial charge is 0.349 e. The summed E-state index contributed by atoms with van der Waals surface area (Å²) in [5.74, 6) is -0.146. The summed E-state index contributed by atoms with van der Waals surface area (Å²) >= 11 is 7.66. The first-order valence-electron chi connectivity index (χ1n) is 5.60. The standard InChI is InChI=1S/C12H15ClN2OS/c1-17-12(4-2-5-12)8-15-11(16)10-7-9(13)3-6-14-10/h3,6-7H,2,4-5,8H2,1H3,(H,15,16). The van der Waals surface area contributed by atoms with Gasteiger partial charge in [0.1, 0.15) is 5.69 Å². The molecule has 0 aliphatic heterocycles. The van der Waals surface area contributed by atoms with Crippen LogP contribution in [0, 0.1) is 0 Å². The quantitative estimate of drug-likeness (QED) is 0.915. The summed E-state index contributed by atoms with van der Waals surface area (Å²) in [6.45, 7) is 0.710. The van der Waals surface area contributed by atoms with Crippen LogP contribution >= 0.6 is 23.4 Å². The molecule has 1 aliphatic carbocycles. The van der Waals surface area contributed by atoms with Crippen LogP contribution < -0.4 is 5.32 Å². The van der Waals surface area contributed by atoms with E-state index < -0.39 is 0 Å². The van der Waals surface area contributed by atoms with Gasteiger partial charge in [0.15, 0.2) is 0 Å². The van der Waals surface area contributed by atoms with E-state index in [1.807, 2.05) is 11.8 Å². The van der Waals surface area contributed by atoms with Crippen LogP contribution in [0.5, 0.6) is 0 Å². The highest BCUT2D eigenvalue weighted by Gasteiger charge is 2.36. The van der Waals surface area contributed by atoms with E-state index >= 15 is 0 Å². The minimum atomic E-state index is -0.146. The SMILES string of the molecule is CSC1(CNC(=O)c2cc(Cl)ccn2)CCC1. The van der Waals surface area contributed by atoms with Gasteiger partial charge in [0.2, 0.25) is 0 Å². The molecular formula is C12H15ClN2OS. The van der Waals surface area contributed by atoms with E-state index in [4.69, 9.17) is 11.6 Å². The van der Waals surface area contributed by atoms with Gasteiger partial charge in [-0.05, 0) is 31.2 Å². The smallest absolute Gasteiger partial charge is 0.269 e. The number of hydrogen-bond acceptors (Lipinski definition) is 3. The second-order valence-corrected chi connectivity index (χ2v) is 5.99. The van der Waals surface area contributed by atoms with Crippen LogP contribution in [0.15, 0.2) is 18.3 Å². The van der Waals surface area contributed by atoms with Gasteiger partial charge in [0, 0.05) is 22.5 Å². The van der Waals surface area contributed by atoms with Crippen LogP contribution in [0.2, 0.25) is 5.02 Å². The number of hydrogen-bond donors (Lipinski definition) is 1. The third kappa shape index (κ3) is 2.93. The first-order valence-corrected chi connectivity index (χ1v) is 7.20. The number of nitrogens with one attached hydrogen (secondary N) is 1. The van der Waals surface area contributed by atoms with E-state index in [9.17, 15) is 4.79 Å². The van der Waals surface area contributed by atoms with E-state index in [1.54, 1.807) is 18.3 Å². The molecular weight excluding hydrogens is 256 g/mol. The van der Waals surface area contributed by atoms with Crippen molar-refractivity contribution in [3.63, 3.8) is 0 Å². The molecule has 1 saturated carbocycles. The average Bonchev–Trinajstić information content (AvgIpc) is 2.28. The zero-order valence-electron chi connectivity index (χ0n) is 9.70. The third-order valence-corrected chi connectivity index (χ3v) is 4.88. The van der Waals surface area contributed by atoms with Crippen molar-refractivity contribution in [2.75, 3.05) is 12.8 Å². The maximum Gasteiger partial charge on any atom is 0.269 e. The molecule has 0 radical (unpaired) electrons. The lowest BCUT2D eigenvalue weighted by atomic mass is 9.84. The molecule has 17 heavy (non-hydrogen) atoms. The Balaban J connectivity index is 1.93. The molecule has 1 fully saturated rings. The van der Waals surface area contributed by atoms with E-state index in [2.05, 4.69) is 16.6 Å². The van der Waals surface area contributed by atoms with Crippen molar-refractivity contribution in [3.05, 3.63) is 29.0 Å². The average molecular weight is 271 g/mol. The van der Waals surface area contributed by atoms with Gasteiger partial charge in [-0.2, -0.15) is 11.8 Å². The van der Waals surface area contributed by atoms with Gasteiger partial charge in [-0.25, -0.2) is 0 Å². The minimum Gasteiger partial charge on any atom is -0.349 e. The van der Waals surface area contributed by atoms with Crippen molar-refractivity contribution >= 4 is 29.3 Å². The van der Waals surface area contributed by atoms with Gasteiger partial charge in [-0.1, -0.05) is 18.0 Å². The molecule has 0 bridgehead atoms. The van der Waals surface area contributed by atoms with Crippen molar-refractivity contribution in [2.45, 2.75) is 24.0 Å². The molecule has 0 atom stereocenters. The fraction of sp³-hybridized carbons (Fsp3) is 0.500. The zero-order valence-corrected chi connectivity index (χ0v) is 11.3. The van der Waals surface area contributed by atoms with Gasteiger partial charge in [-0.15, -0.1) is 0 Å². The van der Waals surface area contributed by atoms with Crippen molar-refractivity contribution < 1.29 is 4.79 Å². The number of amides is 1. The Morgan fingerprint density at radius 1 is 1.65 bits per heavy atom. The molecule has 0 spiro atoms. The lowest BCUT2D eigenvalue weighted by Crippen LogP contribution is -2.45. The van der Waals surface area contributed by atoms with Crippen molar-refractivity contribution in [1.29, 1.82) is 0 Å². The van der Waals surface area contributed by atoms with E-state index in [-0.39, 0.29) is 10.7 Å². The number of pyridine rings is 1. The molecule has 1 aromatic rings. The molecule has 0 unspecified atom stereocenters. The summed E-state index contributed by atoms with van der Waals surface area (Å²) in [6.07, 6.45) is 7.26.